The Morgan fingerprint density at radius 3 is 2.61 bits per heavy atom. The van der Waals surface area contributed by atoms with Gasteiger partial charge in [0.2, 0.25) is 0 Å². The number of rotatable bonds is 6. The van der Waals surface area contributed by atoms with Crippen LogP contribution in [0.5, 0.6) is 0 Å². The van der Waals surface area contributed by atoms with Crippen LogP contribution in [0.2, 0.25) is 0 Å². The molecule has 3 heterocycles. The van der Waals surface area contributed by atoms with Gasteiger partial charge in [-0.15, -0.1) is 0 Å². The van der Waals surface area contributed by atoms with E-state index in [0.29, 0.717) is 24.5 Å². The number of H-pyrrole nitrogens is 1. The van der Waals surface area contributed by atoms with Crippen molar-refractivity contribution in [3.05, 3.63) is 89.5 Å². The number of aromatic amines is 1. The van der Waals surface area contributed by atoms with E-state index in [0.717, 1.165) is 22.8 Å². The van der Waals surface area contributed by atoms with E-state index in [4.69, 9.17) is 4.42 Å². The predicted molar refractivity (Wildman–Crippen MR) is 107 cm³/mol. The van der Waals surface area contributed by atoms with E-state index in [-0.39, 0.29) is 5.91 Å². The van der Waals surface area contributed by atoms with Crippen molar-refractivity contribution >= 4 is 5.91 Å². The van der Waals surface area contributed by atoms with Crippen LogP contribution >= 0.6 is 0 Å². The summed E-state index contributed by atoms with van der Waals surface area (Å²) in [6.07, 6.45) is 3.68. The topological polar surface area (TPSA) is 75.8 Å². The summed E-state index contributed by atoms with van der Waals surface area (Å²) < 4.78 is 7.82. The first-order valence-electron chi connectivity index (χ1n) is 9.18. The Hall–Kier alpha value is -3.54. The molecule has 0 bridgehead atoms. The van der Waals surface area contributed by atoms with Crippen molar-refractivity contribution < 1.29 is 9.21 Å². The van der Waals surface area contributed by atoms with E-state index in [2.05, 4.69) is 27.4 Å². The Labute approximate surface area is 163 Å². The van der Waals surface area contributed by atoms with Crippen LogP contribution in [0.15, 0.2) is 65.3 Å². The van der Waals surface area contributed by atoms with Crippen molar-refractivity contribution in [2.45, 2.75) is 26.9 Å². The van der Waals surface area contributed by atoms with Gasteiger partial charge in [-0.2, -0.15) is 0 Å². The first-order valence-corrected chi connectivity index (χ1v) is 9.18. The highest BCUT2D eigenvalue weighted by atomic mass is 16.3. The van der Waals surface area contributed by atoms with Crippen LogP contribution in [0, 0.1) is 13.8 Å². The molecule has 1 aromatic carbocycles. The van der Waals surface area contributed by atoms with Gasteiger partial charge in [0.25, 0.3) is 5.91 Å². The van der Waals surface area contributed by atoms with Gasteiger partial charge < -0.3 is 19.3 Å². The molecule has 2 N–H and O–H groups in total. The number of imidazole rings is 1. The standard InChI is InChI=1S/C22H22N4O2/c1-15-3-5-17(6-4-15)20-9-10-21(25-20)22(27)24-13-18-7-8-19(28-18)14-26-12-11-23-16(26)2/h3-12,25H,13-14H2,1-2H3,(H,24,27). The number of aromatic nitrogens is 3. The second kappa shape index (κ2) is 7.60. The fourth-order valence-corrected chi connectivity index (χ4v) is 3.03. The van der Waals surface area contributed by atoms with E-state index in [9.17, 15) is 4.79 Å². The predicted octanol–water partition coefficient (Wildman–Crippen LogP) is 4.07. The second-order valence-corrected chi connectivity index (χ2v) is 6.80. The zero-order valence-electron chi connectivity index (χ0n) is 15.9. The minimum atomic E-state index is -0.165. The van der Waals surface area contributed by atoms with E-state index in [1.807, 2.05) is 54.9 Å². The number of carbonyl (C=O) groups excluding carboxylic acids is 1. The van der Waals surface area contributed by atoms with Crippen molar-refractivity contribution in [3.63, 3.8) is 0 Å². The van der Waals surface area contributed by atoms with Gasteiger partial charge in [-0.3, -0.25) is 4.79 Å². The summed E-state index contributed by atoms with van der Waals surface area (Å²) in [7, 11) is 0. The number of benzene rings is 1. The highest BCUT2D eigenvalue weighted by molar-refractivity contribution is 5.93. The molecule has 4 aromatic rings. The molecular weight excluding hydrogens is 352 g/mol. The molecule has 0 saturated carbocycles. The Balaban J connectivity index is 1.36. The molecule has 0 aliphatic heterocycles. The summed E-state index contributed by atoms with van der Waals surface area (Å²) in [6.45, 7) is 4.95. The van der Waals surface area contributed by atoms with Gasteiger partial charge in [-0.1, -0.05) is 29.8 Å². The molecule has 142 valence electrons. The maximum Gasteiger partial charge on any atom is 0.268 e. The maximum atomic E-state index is 12.4. The van der Waals surface area contributed by atoms with E-state index in [1.165, 1.54) is 5.56 Å². The van der Waals surface area contributed by atoms with Crippen molar-refractivity contribution in [3.8, 4) is 11.3 Å². The third-order valence-electron chi connectivity index (χ3n) is 4.68. The molecule has 6 heteroatoms. The number of hydrogen-bond acceptors (Lipinski definition) is 3. The number of amides is 1. The molecule has 0 aliphatic rings. The summed E-state index contributed by atoms with van der Waals surface area (Å²) >= 11 is 0. The Kier molecular flexibility index (Phi) is 4.85. The fraction of sp³-hybridized carbons (Fsp3) is 0.182. The van der Waals surface area contributed by atoms with Crippen LogP contribution in [0.25, 0.3) is 11.3 Å². The minimum Gasteiger partial charge on any atom is -0.462 e. The maximum absolute atomic E-state index is 12.4. The molecule has 0 spiro atoms. The lowest BCUT2D eigenvalue weighted by molar-refractivity contribution is 0.0943. The summed E-state index contributed by atoms with van der Waals surface area (Å²) in [6, 6.07) is 15.7. The van der Waals surface area contributed by atoms with Crippen molar-refractivity contribution in [1.29, 1.82) is 0 Å². The third-order valence-corrected chi connectivity index (χ3v) is 4.68. The van der Waals surface area contributed by atoms with Gasteiger partial charge in [0.1, 0.15) is 23.0 Å². The van der Waals surface area contributed by atoms with E-state index in [1.54, 1.807) is 12.3 Å². The van der Waals surface area contributed by atoms with Crippen LogP contribution in [0.4, 0.5) is 0 Å². The number of nitrogens with zero attached hydrogens (tertiary/aromatic N) is 2. The average Bonchev–Trinajstić information content (AvgIpc) is 3.43. The first-order chi connectivity index (χ1) is 13.6. The molecule has 6 nitrogen and oxygen atoms in total. The Morgan fingerprint density at radius 1 is 1.07 bits per heavy atom. The fourth-order valence-electron chi connectivity index (χ4n) is 3.03. The molecule has 3 aromatic heterocycles. The first kappa shape index (κ1) is 17.9. The molecule has 0 aliphatic carbocycles. The largest absolute Gasteiger partial charge is 0.462 e. The molecule has 4 rings (SSSR count). The van der Waals surface area contributed by atoms with E-state index >= 15 is 0 Å². The number of hydrogen-bond donors (Lipinski definition) is 2. The second-order valence-electron chi connectivity index (χ2n) is 6.80. The quantitative estimate of drug-likeness (QED) is 0.534. The molecule has 28 heavy (non-hydrogen) atoms. The molecule has 0 saturated heterocycles. The van der Waals surface area contributed by atoms with Gasteiger partial charge in [-0.05, 0) is 43.7 Å². The molecule has 0 radical (unpaired) electrons. The van der Waals surface area contributed by atoms with Crippen LogP contribution in [0.3, 0.4) is 0 Å². The van der Waals surface area contributed by atoms with Gasteiger partial charge in [-0.25, -0.2) is 4.98 Å². The number of nitrogens with one attached hydrogen (secondary N) is 2. The number of aryl methyl sites for hydroxylation is 2. The average molecular weight is 374 g/mol. The van der Waals surface area contributed by atoms with Crippen LogP contribution in [-0.2, 0) is 13.1 Å². The zero-order chi connectivity index (χ0) is 19.5. The van der Waals surface area contributed by atoms with Crippen LogP contribution in [-0.4, -0.2) is 20.4 Å². The molecule has 0 unspecified atom stereocenters. The molecule has 0 atom stereocenters. The lowest BCUT2D eigenvalue weighted by Crippen LogP contribution is -2.22. The third kappa shape index (κ3) is 3.91. The highest BCUT2D eigenvalue weighted by Gasteiger charge is 2.11. The minimum absolute atomic E-state index is 0.165. The monoisotopic (exact) mass is 374 g/mol. The SMILES string of the molecule is Cc1ccc(-c2ccc(C(=O)NCc3ccc(Cn4ccnc4C)o3)[nH]2)cc1. The van der Waals surface area contributed by atoms with Crippen molar-refractivity contribution in [2.24, 2.45) is 0 Å². The normalized spacial score (nSPS) is 10.9. The lowest BCUT2D eigenvalue weighted by Gasteiger charge is -2.03. The zero-order valence-corrected chi connectivity index (χ0v) is 15.9. The lowest BCUT2D eigenvalue weighted by atomic mass is 10.1. The van der Waals surface area contributed by atoms with Gasteiger partial charge in [0, 0.05) is 18.1 Å². The van der Waals surface area contributed by atoms with Crippen LogP contribution in [0.1, 0.15) is 33.4 Å². The van der Waals surface area contributed by atoms with Gasteiger partial charge in [0.05, 0.1) is 13.1 Å². The Bertz CT molecular complexity index is 1090. The van der Waals surface area contributed by atoms with E-state index < -0.39 is 0 Å². The molecular formula is C22H22N4O2. The number of furan rings is 1. The summed E-state index contributed by atoms with van der Waals surface area (Å²) in [5.41, 5.74) is 3.70. The summed E-state index contributed by atoms with van der Waals surface area (Å²) in [4.78, 5) is 19.8. The molecule has 1 amide bonds. The molecule has 0 fully saturated rings. The smallest absolute Gasteiger partial charge is 0.268 e. The summed E-state index contributed by atoms with van der Waals surface area (Å²) in [5.74, 6) is 2.31. The van der Waals surface area contributed by atoms with Crippen molar-refractivity contribution in [1.82, 2.24) is 19.9 Å². The Morgan fingerprint density at radius 2 is 1.86 bits per heavy atom. The number of carbonyl (C=O) groups is 1. The van der Waals surface area contributed by atoms with Crippen molar-refractivity contribution in [2.75, 3.05) is 0 Å². The highest BCUT2D eigenvalue weighted by Crippen LogP contribution is 2.19. The summed E-state index contributed by atoms with van der Waals surface area (Å²) in [5, 5.41) is 2.89. The van der Waals surface area contributed by atoms with Crippen LogP contribution < -0.4 is 5.32 Å². The van der Waals surface area contributed by atoms with Gasteiger partial charge in [0.15, 0.2) is 0 Å². The van der Waals surface area contributed by atoms with Gasteiger partial charge >= 0.3 is 0 Å².